The van der Waals surface area contributed by atoms with Gasteiger partial charge < -0.3 is 5.32 Å². The number of nitrogens with one attached hydrogen (secondary N) is 2. The van der Waals surface area contributed by atoms with E-state index in [-0.39, 0.29) is 5.91 Å². The number of rotatable bonds is 3. The van der Waals surface area contributed by atoms with E-state index in [0.717, 1.165) is 10.6 Å². The highest BCUT2D eigenvalue weighted by Crippen LogP contribution is 2.28. The summed E-state index contributed by atoms with van der Waals surface area (Å²) < 4.78 is 0. The van der Waals surface area contributed by atoms with E-state index in [9.17, 15) is 4.79 Å². The van der Waals surface area contributed by atoms with Crippen LogP contribution in [-0.2, 0) is 0 Å². The molecule has 3 rings (SSSR count). The van der Waals surface area contributed by atoms with Crippen molar-refractivity contribution in [3.05, 3.63) is 53.2 Å². The lowest BCUT2D eigenvalue weighted by molar-refractivity contribution is 0.102. The Balaban J connectivity index is 1.78. The van der Waals surface area contributed by atoms with E-state index in [4.69, 9.17) is 0 Å². The van der Waals surface area contributed by atoms with E-state index in [1.165, 1.54) is 5.56 Å². The van der Waals surface area contributed by atoms with Crippen molar-refractivity contribution >= 4 is 23.1 Å². The molecule has 1 amide bonds. The number of aryl methyl sites for hydroxylation is 1. The van der Waals surface area contributed by atoms with Gasteiger partial charge in [0.2, 0.25) is 0 Å². The van der Waals surface area contributed by atoms with Gasteiger partial charge in [0.05, 0.1) is 10.6 Å². The number of nitrogens with zero attached hydrogens (tertiary/aromatic N) is 2. The van der Waals surface area contributed by atoms with Crippen molar-refractivity contribution in [3.63, 3.8) is 0 Å². The fourth-order valence-electron chi connectivity index (χ4n) is 1.84. The van der Waals surface area contributed by atoms with Crippen LogP contribution in [0.15, 0.2) is 42.0 Å². The first-order chi connectivity index (χ1) is 9.74. The lowest BCUT2D eigenvalue weighted by atomic mass is 10.2. The maximum absolute atomic E-state index is 12.0. The second-order valence-corrected chi connectivity index (χ2v) is 5.21. The van der Waals surface area contributed by atoms with Crippen molar-refractivity contribution in [1.82, 2.24) is 15.2 Å². The minimum Gasteiger partial charge on any atom is -0.305 e. The van der Waals surface area contributed by atoms with E-state index in [2.05, 4.69) is 26.6 Å². The first-order valence-electron chi connectivity index (χ1n) is 6.05. The zero-order valence-electron chi connectivity index (χ0n) is 10.8. The highest BCUT2D eigenvalue weighted by molar-refractivity contribution is 7.13. The van der Waals surface area contributed by atoms with Crippen molar-refractivity contribution in [2.45, 2.75) is 6.92 Å². The van der Waals surface area contributed by atoms with Crippen LogP contribution in [0.3, 0.4) is 0 Å². The van der Waals surface area contributed by atoms with Gasteiger partial charge in [-0.15, -0.1) is 11.3 Å². The molecule has 0 aliphatic heterocycles. The lowest BCUT2D eigenvalue weighted by Crippen LogP contribution is -2.11. The minimum atomic E-state index is -0.201. The van der Waals surface area contributed by atoms with Gasteiger partial charge in [0.1, 0.15) is 0 Å². The van der Waals surface area contributed by atoms with Crippen LogP contribution in [0.25, 0.3) is 10.6 Å². The highest BCUT2D eigenvalue weighted by Gasteiger charge is 2.10. The molecule has 3 aromatic heterocycles. The summed E-state index contributed by atoms with van der Waals surface area (Å²) in [6.45, 7) is 2.04. The molecule has 0 bridgehead atoms. The van der Waals surface area contributed by atoms with Gasteiger partial charge in [0.15, 0.2) is 5.82 Å². The Morgan fingerprint density at radius 3 is 2.80 bits per heavy atom. The van der Waals surface area contributed by atoms with Crippen molar-refractivity contribution in [3.8, 4) is 10.6 Å². The fourth-order valence-corrected chi connectivity index (χ4v) is 2.74. The first kappa shape index (κ1) is 12.6. The predicted molar refractivity (Wildman–Crippen MR) is 78.8 cm³/mol. The third kappa shape index (κ3) is 2.46. The van der Waals surface area contributed by atoms with Gasteiger partial charge in [-0.1, -0.05) is 0 Å². The number of amides is 1. The molecule has 2 N–H and O–H groups in total. The Morgan fingerprint density at radius 1 is 1.30 bits per heavy atom. The number of aromatic amines is 1. The summed E-state index contributed by atoms with van der Waals surface area (Å²) in [6, 6.07) is 7.20. The molecule has 0 spiro atoms. The number of carbonyl (C=O) groups excluding carboxylic acids is 1. The fraction of sp³-hybridized carbons (Fsp3) is 0.0714. The molecular formula is C14H12N4OS. The van der Waals surface area contributed by atoms with Crippen LogP contribution in [-0.4, -0.2) is 21.1 Å². The van der Waals surface area contributed by atoms with E-state index in [1.807, 2.05) is 18.4 Å². The van der Waals surface area contributed by atoms with Crippen LogP contribution in [0.1, 0.15) is 15.9 Å². The molecule has 3 aromatic rings. The maximum Gasteiger partial charge on any atom is 0.256 e. The van der Waals surface area contributed by atoms with Gasteiger partial charge >= 0.3 is 0 Å². The van der Waals surface area contributed by atoms with E-state index >= 15 is 0 Å². The summed E-state index contributed by atoms with van der Waals surface area (Å²) in [4.78, 5) is 17.0. The summed E-state index contributed by atoms with van der Waals surface area (Å²) in [6.07, 6.45) is 3.17. The summed E-state index contributed by atoms with van der Waals surface area (Å²) >= 11 is 1.64. The molecule has 0 saturated heterocycles. The molecule has 0 aliphatic rings. The molecule has 0 unspecified atom stereocenters. The molecule has 20 heavy (non-hydrogen) atoms. The quantitative estimate of drug-likeness (QED) is 0.776. The molecule has 6 heteroatoms. The molecule has 5 nitrogen and oxygen atoms in total. The number of carbonyl (C=O) groups is 1. The van der Waals surface area contributed by atoms with Gasteiger partial charge in [-0.3, -0.25) is 14.9 Å². The number of anilines is 1. The van der Waals surface area contributed by atoms with Crippen LogP contribution < -0.4 is 5.32 Å². The zero-order chi connectivity index (χ0) is 13.9. The smallest absolute Gasteiger partial charge is 0.256 e. The Bertz CT molecular complexity index is 732. The second kappa shape index (κ2) is 5.26. The Labute approximate surface area is 119 Å². The monoisotopic (exact) mass is 284 g/mol. The molecule has 0 saturated carbocycles. The standard InChI is InChI=1S/C14H12N4OS/c1-9-4-7-20-13(9)11-8-12(18-17-11)16-14(19)10-2-5-15-6-3-10/h2-8H,1H3,(H2,16,17,18,19). The Kier molecular flexibility index (Phi) is 3.30. The van der Waals surface area contributed by atoms with Crippen LogP contribution in [0, 0.1) is 6.92 Å². The molecule has 0 atom stereocenters. The van der Waals surface area contributed by atoms with Crippen molar-refractivity contribution in [2.24, 2.45) is 0 Å². The van der Waals surface area contributed by atoms with Crippen molar-refractivity contribution < 1.29 is 4.79 Å². The number of pyridine rings is 1. The number of hydrogen-bond acceptors (Lipinski definition) is 4. The van der Waals surface area contributed by atoms with Crippen LogP contribution in [0.5, 0.6) is 0 Å². The van der Waals surface area contributed by atoms with Crippen LogP contribution >= 0.6 is 11.3 Å². The first-order valence-corrected chi connectivity index (χ1v) is 6.93. The molecule has 0 aromatic carbocycles. The maximum atomic E-state index is 12.0. The van der Waals surface area contributed by atoms with Gasteiger partial charge in [-0.2, -0.15) is 5.10 Å². The van der Waals surface area contributed by atoms with E-state index in [0.29, 0.717) is 11.4 Å². The summed E-state index contributed by atoms with van der Waals surface area (Å²) in [5.74, 6) is 0.308. The van der Waals surface area contributed by atoms with Gasteiger partial charge in [0, 0.05) is 24.0 Å². The SMILES string of the molecule is Cc1ccsc1-c1cc(NC(=O)c2ccncc2)n[nH]1. The van der Waals surface area contributed by atoms with Gasteiger partial charge in [0.25, 0.3) is 5.91 Å². The normalized spacial score (nSPS) is 10.4. The average molecular weight is 284 g/mol. The van der Waals surface area contributed by atoms with Crippen LogP contribution in [0.4, 0.5) is 5.82 Å². The number of aromatic nitrogens is 3. The topological polar surface area (TPSA) is 70.7 Å². The Hall–Kier alpha value is -2.47. The molecule has 0 aliphatic carbocycles. The molecule has 100 valence electrons. The van der Waals surface area contributed by atoms with E-state index in [1.54, 1.807) is 35.9 Å². The minimum absolute atomic E-state index is 0.201. The third-order valence-corrected chi connectivity index (χ3v) is 3.92. The lowest BCUT2D eigenvalue weighted by Gasteiger charge is -2.00. The Morgan fingerprint density at radius 2 is 2.10 bits per heavy atom. The third-order valence-electron chi connectivity index (χ3n) is 2.87. The molecular weight excluding hydrogens is 272 g/mol. The van der Waals surface area contributed by atoms with Gasteiger partial charge in [-0.25, -0.2) is 0 Å². The average Bonchev–Trinajstić information content (AvgIpc) is 3.08. The number of hydrogen-bond donors (Lipinski definition) is 2. The van der Waals surface area contributed by atoms with Gasteiger partial charge in [-0.05, 0) is 36.1 Å². The van der Waals surface area contributed by atoms with E-state index < -0.39 is 0 Å². The number of thiophene rings is 1. The largest absolute Gasteiger partial charge is 0.305 e. The van der Waals surface area contributed by atoms with Crippen molar-refractivity contribution in [1.29, 1.82) is 0 Å². The molecule has 0 radical (unpaired) electrons. The zero-order valence-corrected chi connectivity index (χ0v) is 11.6. The highest BCUT2D eigenvalue weighted by atomic mass is 32.1. The predicted octanol–water partition coefficient (Wildman–Crippen LogP) is 3.09. The molecule has 0 fully saturated rings. The molecule has 3 heterocycles. The van der Waals surface area contributed by atoms with Crippen LogP contribution in [0.2, 0.25) is 0 Å². The summed E-state index contributed by atoms with van der Waals surface area (Å²) in [5, 5.41) is 11.8. The van der Waals surface area contributed by atoms with Crippen molar-refractivity contribution in [2.75, 3.05) is 5.32 Å². The number of H-pyrrole nitrogens is 1. The summed E-state index contributed by atoms with van der Waals surface area (Å²) in [7, 11) is 0. The second-order valence-electron chi connectivity index (χ2n) is 4.29. The summed E-state index contributed by atoms with van der Waals surface area (Å²) in [5.41, 5.74) is 2.64.